The van der Waals surface area contributed by atoms with E-state index in [1.807, 2.05) is 0 Å². The Morgan fingerprint density at radius 3 is 0.812 bits per heavy atom. The molecule has 198 valence electrons. The quantitative estimate of drug-likeness (QED) is 0.177. The molecule has 0 aromatic carbocycles. The van der Waals surface area contributed by atoms with E-state index in [2.05, 4.69) is 0 Å². The molecule has 0 bridgehead atoms. The molecule has 0 aliphatic heterocycles. The summed E-state index contributed by atoms with van der Waals surface area (Å²) < 4.78 is -1.98. The first-order valence-corrected chi connectivity index (χ1v) is 29.0. The second-order valence-corrected chi connectivity index (χ2v) is 36.4. The van der Waals surface area contributed by atoms with Gasteiger partial charge in [0, 0.05) is 0 Å². The van der Waals surface area contributed by atoms with E-state index < -0.39 is 9.38 Å². The van der Waals surface area contributed by atoms with E-state index in [0.29, 0.717) is 0 Å². The molecule has 4 fully saturated rings. The van der Waals surface area contributed by atoms with Crippen molar-refractivity contribution in [3.63, 3.8) is 0 Å². The maximum atomic E-state index is 7.27. The van der Waals surface area contributed by atoms with Crippen LogP contribution in [0.1, 0.15) is 128 Å². The van der Waals surface area contributed by atoms with Crippen molar-refractivity contribution >= 4 is 27.8 Å². The molecule has 6 heteroatoms. The molecule has 0 atom stereocenters. The van der Waals surface area contributed by atoms with E-state index in [1.54, 1.807) is 63.7 Å². The summed E-state index contributed by atoms with van der Waals surface area (Å²) in [5, 5.41) is 0. The average Bonchev–Trinajstić information content (AvgIpc) is 2.89. The van der Waals surface area contributed by atoms with E-state index in [0.717, 1.165) is 22.6 Å². The molecule has 0 radical (unpaired) electrons. The summed E-state index contributed by atoms with van der Waals surface area (Å²) in [4.78, 5) is 0. The summed E-state index contributed by atoms with van der Waals surface area (Å²) in [6.07, 6.45) is 33.6. The van der Waals surface area contributed by atoms with Crippen molar-refractivity contribution in [2.75, 3.05) is 12.3 Å². The Morgan fingerprint density at radius 2 is 0.625 bits per heavy atom. The fraction of sp³-hybridized carbons (Fsp3) is 1.00. The van der Waals surface area contributed by atoms with Crippen LogP contribution in [0.5, 0.6) is 0 Å². The zero-order valence-electron chi connectivity index (χ0n) is 20.1. The molecule has 32 heavy (non-hydrogen) atoms. The Hall–Kier alpha value is 2.92. The number of hydrogen-bond acceptors (Lipinski definition) is 0. The molecule has 4 aliphatic carbocycles. The molecule has 4 saturated carbocycles. The normalized spacial score (nSPS) is 26.7. The third kappa shape index (κ3) is 6.48. The molecule has 0 aromatic heterocycles. The third-order valence-corrected chi connectivity index (χ3v) is 44.5. The molecule has 0 unspecified atom stereocenters. The van der Waals surface area contributed by atoms with Crippen molar-refractivity contribution in [3.8, 4) is 0 Å². The van der Waals surface area contributed by atoms with Crippen molar-refractivity contribution in [2.24, 2.45) is 0 Å². The van der Waals surface area contributed by atoms with E-state index in [-0.39, 0.29) is 35.3 Å². The van der Waals surface area contributed by atoms with Gasteiger partial charge in [-0.15, -0.1) is 0 Å². The summed E-state index contributed by atoms with van der Waals surface area (Å²) in [7, 11) is 14.5. The Labute approximate surface area is 224 Å². The molecule has 0 saturated heterocycles. The molecule has 0 spiro atoms. The van der Waals surface area contributed by atoms with E-state index >= 15 is 0 Å². The molecule has 0 amide bonds. The van der Waals surface area contributed by atoms with Gasteiger partial charge in [0.2, 0.25) is 0 Å². The zero-order chi connectivity index (χ0) is 22.3. The van der Waals surface area contributed by atoms with Crippen LogP contribution in [0.4, 0.5) is 0 Å². The minimum absolute atomic E-state index is 0.0126. The van der Waals surface area contributed by atoms with Crippen LogP contribution in [-0.2, 0) is 35.3 Å². The van der Waals surface area contributed by atoms with Crippen molar-refractivity contribution < 1.29 is 35.3 Å². The number of hydrogen-bond donors (Lipinski definition) is 0. The summed E-state index contributed by atoms with van der Waals surface area (Å²) in [5.41, 5.74) is 4.24. The SMILES string of the molecule is [Cl][Au]=[P](CC[P](=[Au][Cl])(C1CCCCC1)C1CCCCC1)(C1CCCCC1)C1CCCCC1. The summed E-state index contributed by atoms with van der Waals surface area (Å²) in [6, 6.07) is 0. The van der Waals surface area contributed by atoms with Crippen LogP contribution < -0.4 is 0 Å². The monoisotopic (exact) mass is 886 g/mol. The molecular formula is C26H48Au2Cl2P2. The Balaban J connectivity index is 1.64. The van der Waals surface area contributed by atoms with Gasteiger partial charge in [-0.25, -0.2) is 0 Å². The number of halogens is 2. The second-order valence-electron chi connectivity index (χ2n) is 11.2. The fourth-order valence-electron chi connectivity index (χ4n) is 7.80. The van der Waals surface area contributed by atoms with Crippen LogP contribution in [0.3, 0.4) is 0 Å². The molecular weight excluding hydrogens is 839 g/mol. The van der Waals surface area contributed by atoms with E-state index in [1.165, 1.54) is 77.0 Å². The Morgan fingerprint density at radius 1 is 0.406 bits per heavy atom. The number of rotatable bonds is 7. The second kappa shape index (κ2) is 14.2. The van der Waals surface area contributed by atoms with Gasteiger partial charge in [0.25, 0.3) is 0 Å². The average molecular weight is 887 g/mol. The van der Waals surface area contributed by atoms with E-state index in [9.17, 15) is 0 Å². The summed E-state index contributed by atoms with van der Waals surface area (Å²) >= 11 is 0.0251. The predicted molar refractivity (Wildman–Crippen MR) is 143 cm³/mol. The van der Waals surface area contributed by atoms with Crippen molar-refractivity contribution in [1.82, 2.24) is 0 Å². The van der Waals surface area contributed by atoms with Crippen LogP contribution >= 0.6 is 27.8 Å². The van der Waals surface area contributed by atoms with Gasteiger partial charge < -0.3 is 0 Å². The van der Waals surface area contributed by atoms with Gasteiger partial charge in [0.15, 0.2) is 0 Å². The summed E-state index contributed by atoms with van der Waals surface area (Å²) in [6.45, 7) is 0. The van der Waals surface area contributed by atoms with Crippen LogP contribution in [0.25, 0.3) is 0 Å². The molecule has 4 aliphatic rings. The van der Waals surface area contributed by atoms with Crippen LogP contribution in [0.15, 0.2) is 0 Å². The van der Waals surface area contributed by atoms with Gasteiger partial charge in [0.05, 0.1) is 0 Å². The Kier molecular flexibility index (Phi) is 12.4. The zero-order valence-corrected chi connectivity index (χ0v) is 27.8. The third-order valence-electron chi connectivity index (χ3n) is 9.56. The van der Waals surface area contributed by atoms with Crippen LogP contribution in [0, 0.1) is 0 Å². The van der Waals surface area contributed by atoms with Crippen LogP contribution in [-0.4, -0.2) is 35.0 Å². The van der Waals surface area contributed by atoms with Gasteiger partial charge in [-0.05, 0) is 0 Å². The summed E-state index contributed by atoms with van der Waals surface area (Å²) in [5.74, 6) is 0. The van der Waals surface area contributed by atoms with Gasteiger partial charge >= 0.3 is 226 Å². The van der Waals surface area contributed by atoms with Crippen LogP contribution in [0.2, 0.25) is 0 Å². The Bertz CT molecular complexity index is 569. The molecule has 0 N–H and O–H groups in total. The van der Waals surface area contributed by atoms with E-state index in [4.69, 9.17) is 18.4 Å². The predicted octanol–water partition coefficient (Wildman–Crippen LogP) is 10.7. The van der Waals surface area contributed by atoms with Crippen molar-refractivity contribution in [1.29, 1.82) is 0 Å². The van der Waals surface area contributed by atoms with Gasteiger partial charge in [-0.2, -0.15) is 0 Å². The first-order valence-electron chi connectivity index (χ1n) is 13.9. The molecule has 0 nitrogen and oxygen atoms in total. The molecule has 0 aromatic rings. The fourth-order valence-corrected chi connectivity index (χ4v) is 43.9. The topological polar surface area (TPSA) is 0 Å². The van der Waals surface area contributed by atoms with Gasteiger partial charge in [0.1, 0.15) is 0 Å². The standard InChI is InChI=1S/C26H48P2.2Au.2ClH/c1-5-13-23(14-6-1)27(24-15-7-2-8-16-24)21-22-28(25-17-9-3-10-18-25)26-19-11-4-12-20-26;;;;/h23-26H,1-22H2;;;2*1H/q;2*+1;;/p-2. The molecule has 4 rings (SSSR count). The van der Waals surface area contributed by atoms with Crippen molar-refractivity contribution in [3.05, 3.63) is 0 Å². The first-order chi connectivity index (χ1) is 15.7. The minimum atomic E-state index is -0.992. The maximum absolute atomic E-state index is 7.27. The van der Waals surface area contributed by atoms with Gasteiger partial charge in [-0.3, -0.25) is 0 Å². The molecule has 0 heterocycles. The first kappa shape index (κ1) is 27.9. The van der Waals surface area contributed by atoms with Gasteiger partial charge in [-0.1, -0.05) is 0 Å². The van der Waals surface area contributed by atoms with Crippen molar-refractivity contribution in [2.45, 2.75) is 151 Å².